The average Bonchev–Trinajstić information content (AvgIpc) is 2.20. The number of aryl methyl sites for hydroxylation is 1. The summed E-state index contributed by atoms with van der Waals surface area (Å²) in [4.78, 5) is 0. The Morgan fingerprint density at radius 3 is 2.62 bits per heavy atom. The molecule has 0 aromatic heterocycles. The Labute approximate surface area is 77.3 Å². The number of nitrogens with one attached hydrogen (secondary N) is 1. The summed E-state index contributed by atoms with van der Waals surface area (Å²) in [6.07, 6.45) is 5.53. The minimum absolute atomic E-state index is 1.08. The van der Waals surface area contributed by atoms with Gasteiger partial charge in [0.1, 0.15) is 0 Å². The van der Waals surface area contributed by atoms with Crippen molar-refractivity contribution in [2.24, 2.45) is 5.10 Å². The van der Waals surface area contributed by atoms with Gasteiger partial charge in [-0.15, -0.1) is 0 Å². The van der Waals surface area contributed by atoms with Crippen LogP contribution in [0, 0.1) is 6.92 Å². The van der Waals surface area contributed by atoms with Gasteiger partial charge in [-0.2, -0.15) is 5.10 Å². The first-order chi connectivity index (χ1) is 6.36. The number of hydrazine groups is 1. The lowest BCUT2D eigenvalue weighted by molar-refractivity contribution is 0.750. The molecule has 1 aliphatic heterocycles. The molecule has 0 saturated carbocycles. The molecule has 3 heteroatoms. The number of nitrogens with zero attached hydrogens (tertiary/aromatic N) is 2. The van der Waals surface area contributed by atoms with Crippen LogP contribution in [0.3, 0.4) is 0 Å². The minimum atomic E-state index is 1.08. The SMILES string of the molecule is Cc1ccc(N2C=CC=NN2)cc1. The Balaban J connectivity index is 2.21. The van der Waals surface area contributed by atoms with Gasteiger partial charge in [0.05, 0.1) is 11.9 Å². The van der Waals surface area contributed by atoms with E-state index in [0.717, 1.165) is 5.69 Å². The van der Waals surface area contributed by atoms with Crippen LogP contribution in [0.5, 0.6) is 0 Å². The number of rotatable bonds is 1. The van der Waals surface area contributed by atoms with Crippen LogP contribution < -0.4 is 10.5 Å². The molecule has 1 heterocycles. The van der Waals surface area contributed by atoms with Crippen molar-refractivity contribution in [3.05, 3.63) is 42.1 Å². The van der Waals surface area contributed by atoms with Crippen molar-refractivity contribution < 1.29 is 0 Å². The van der Waals surface area contributed by atoms with Crippen LogP contribution in [0.1, 0.15) is 5.56 Å². The largest absolute Gasteiger partial charge is 0.248 e. The maximum absolute atomic E-state index is 3.92. The first-order valence-electron chi connectivity index (χ1n) is 4.18. The van der Waals surface area contributed by atoms with Crippen molar-refractivity contribution in [2.45, 2.75) is 6.92 Å². The Hall–Kier alpha value is -1.77. The molecule has 0 fully saturated rings. The fourth-order valence-corrected chi connectivity index (χ4v) is 1.15. The van der Waals surface area contributed by atoms with E-state index in [-0.39, 0.29) is 0 Å². The highest BCUT2D eigenvalue weighted by Crippen LogP contribution is 2.13. The zero-order valence-electron chi connectivity index (χ0n) is 7.44. The molecule has 3 nitrogen and oxygen atoms in total. The fourth-order valence-electron chi connectivity index (χ4n) is 1.15. The predicted molar refractivity (Wildman–Crippen MR) is 54.4 cm³/mol. The number of anilines is 1. The number of hydrogen-bond acceptors (Lipinski definition) is 3. The first-order valence-corrected chi connectivity index (χ1v) is 4.18. The molecule has 0 radical (unpaired) electrons. The second-order valence-corrected chi connectivity index (χ2v) is 2.93. The standard InChI is InChI=1S/C10H11N3/c1-9-3-5-10(6-4-9)13-8-2-7-11-12-13/h2-8,12H,1H3. The highest BCUT2D eigenvalue weighted by Gasteiger charge is 2.01. The van der Waals surface area contributed by atoms with Gasteiger partial charge in [-0.05, 0) is 25.1 Å². The fraction of sp³-hybridized carbons (Fsp3) is 0.100. The lowest BCUT2D eigenvalue weighted by Gasteiger charge is -2.20. The smallest absolute Gasteiger partial charge is 0.0639 e. The summed E-state index contributed by atoms with van der Waals surface area (Å²) in [6, 6.07) is 8.24. The molecular formula is C10H11N3. The van der Waals surface area contributed by atoms with E-state index < -0.39 is 0 Å². The summed E-state index contributed by atoms with van der Waals surface area (Å²) < 4.78 is 0. The van der Waals surface area contributed by atoms with Gasteiger partial charge in [0.25, 0.3) is 0 Å². The molecule has 66 valence electrons. The number of hydrazone groups is 1. The summed E-state index contributed by atoms with van der Waals surface area (Å²) in [5.41, 5.74) is 5.21. The minimum Gasteiger partial charge on any atom is -0.248 e. The van der Waals surface area contributed by atoms with Gasteiger partial charge >= 0.3 is 0 Å². The molecule has 0 spiro atoms. The van der Waals surface area contributed by atoms with E-state index in [1.807, 2.05) is 29.4 Å². The van der Waals surface area contributed by atoms with Gasteiger partial charge in [0.15, 0.2) is 0 Å². The molecule has 2 rings (SSSR count). The van der Waals surface area contributed by atoms with E-state index in [9.17, 15) is 0 Å². The number of benzene rings is 1. The highest BCUT2D eigenvalue weighted by molar-refractivity contribution is 5.73. The van der Waals surface area contributed by atoms with Crippen molar-refractivity contribution in [3.63, 3.8) is 0 Å². The molecule has 0 amide bonds. The molecule has 0 unspecified atom stereocenters. The van der Waals surface area contributed by atoms with Crippen molar-refractivity contribution in [2.75, 3.05) is 5.01 Å². The van der Waals surface area contributed by atoms with E-state index in [4.69, 9.17) is 0 Å². The third-order valence-electron chi connectivity index (χ3n) is 1.87. The van der Waals surface area contributed by atoms with Gasteiger partial charge in [-0.1, -0.05) is 17.7 Å². The van der Waals surface area contributed by atoms with Crippen molar-refractivity contribution in [1.82, 2.24) is 5.53 Å². The first kappa shape index (κ1) is 7.86. The third kappa shape index (κ3) is 1.69. The molecule has 0 aliphatic carbocycles. The van der Waals surface area contributed by atoms with Gasteiger partial charge in [-0.25, -0.2) is 10.5 Å². The topological polar surface area (TPSA) is 27.6 Å². The zero-order chi connectivity index (χ0) is 9.10. The molecule has 1 N–H and O–H groups in total. The van der Waals surface area contributed by atoms with Crippen LogP contribution in [-0.4, -0.2) is 6.21 Å². The normalized spacial score (nSPS) is 14.4. The lowest BCUT2D eigenvalue weighted by atomic mass is 10.2. The Morgan fingerprint density at radius 1 is 1.23 bits per heavy atom. The van der Waals surface area contributed by atoms with Crippen molar-refractivity contribution in [3.8, 4) is 0 Å². The molecule has 0 saturated heterocycles. The summed E-state index contributed by atoms with van der Waals surface area (Å²) >= 11 is 0. The molecule has 1 aliphatic rings. The van der Waals surface area contributed by atoms with Gasteiger partial charge in [-0.3, -0.25) is 0 Å². The van der Waals surface area contributed by atoms with E-state index in [1.54, 1.807) is 6.21 Å². The molecule has 1 aromatic carbocycles. The Bertz CT molecular complexity index is 338. The van der Waals surface area contributed by atoms with Gasteiger partial charge in [0.2, 0.25) is 0 Å². The quantitative estimate of drug-likeness (QED) is 0.701. The molecule has 1 aromatic rings. The second kappa shape index (κ2) is 3.31. The summed E-state index contributed by atoms with van der Waals surface area (Å²) in [6.45, 7) is 2.07. The second-order valence-electron chi connectivity index (χ2n) is 2.93. The highest BCUT2D eigenvalue weighted by atomic mass is 15.7. The third-order valence-corrected chi connectivity index (χ3v) is 1.87. The zero-order valence-corrected chi connectivity index (χ0v) is 7.44. The Kier molecular flexibility index (Phi) is 2.00. The predicted octanol–water partition coefficient (Wildman–Crippen LogP) is 1.82. The van der Waals surface area contributed by atoms with Crippen LogP contribution in [0.4, 0.5) is 5.69 Å². The summed E-state index contributed by atoms with van der Waals surface area (Å²) in [5, 5.41) is 5.78. The van der Waals surface area contributed by atoms with Crippen molar-refractivity contribution >= 4 is 11.9 Å². The number of allylic oxidation sites excluding steroid dienone is 1. The maximum atomic E-state index is 3.92. The number of hydrogen-bond donors (Lipinski definition) is 1. The molecular weight excluding hydrogens is 162 g/mol. The average molecular weight is 173 g/mol. The molecule has 0 atom stereocenters. The van der Waals surface area contributed by atoms with Crippen LogP contribution >= 0.6 is 0 Å². The van der Waals surface area contributed by atoms with Crippen molar-refractivity contribution in [1.29, 1.82) is 0 Å². The monoisotopic (exact) mass is 173 g/mol. The lowest BCUT2D eigenvalue weighted by Crippen LogP contribution is -2.30. The van der Waals surface area contributed by atoms with Crippen LogP contribution in [0.25, 0.3) is 0 Å². The van der Waals surface area contributed by atoms with E-state index in [0.29, 0.717) is 0 Å². The van der Waals surface area contributed by atoms with Gasteiger partial charge in [0, 0.05) is 6.20 Å². The van der Waals surface area contributed by atoms with E-state index in [2.05, 4.69) is 29.7 Å². The van der Waals surface area contributed by atoms with Gasteiger partial charge < -0.3 is 0 Å². The van der Waals surface area contributed by atoms with Crippen LogP contribution in [0.15, 0.2) is 41.6 Å². The molecule has 0 bridgehead atoms. The van der Waals surface area contributed by atoms with E-state index >= 15 is 0 Å². The van der Waals surface area contributed by atoms with Crippen LogP contribution in [-0.2, 0) is 0 Å². The van der Waals surface area contributed by atoms with E-state index in [1.165, 1.54) is 5.56 Å². The summed E-state index contributed by atoms with van der Waals surface area (Å²) in [7, 11) is 0. The van der Waals surface area contributed by atoms with Crippen LogP contribution in [0.2, 0.25) is 0 Å². The maximum Gasteiger partial charge on any atom is 0.0639 e. The molecule has 13 heavy (non-hydrogen) atoms. The summed E-state index contributed by atoms with van der Waals surface area (Å²) in [5.74, 6) is 0. The Morgan fingerprint density at radius 2 is 2.00 bits per heavy atom.